The lowest BCUT2D eigenvalue weighted by molar-refractivity contribution is -0.114. The van der Waals surface area contributed by atoms with E-state index in [2.05, 4.69) is 31.1 Å². The first-order valence-electron chi connectivity index (χ1n) is 7.57. The quantitative estimate of drug-likeness (QED) is 0.647. The van der Waals surface area contributed by atoms with Crippen LogP contribution in [0.5, 0.6) is 0 Å². The molecule has 0 aliphatic heterocycles. The summed E-state index contributed by atoms with van der Waals surface area (Å²) in [4.78, 5) is 15.2. The van der Waals surface area contributed by atoms with E-state index in [0.29, 0.717) is 17.2 Å². The highest BCUT2D eigenvalue weighted by molar-refractivity contribution is 5.89. The van der Waals surface area contributed by atoms with Gasteiger partial charge in [-0.1, -0.05) is 12.1 Å². The van der Waals surface area contributed by atoms with Crippen molar-refractivity contribution in [3.63, 3.8) is 0 Å². The molecule has 26 heavy (non-hydrogen) atoms. The number of nitrogens with one attached hydrogen (secondary N) is 3. The van der Waals surface area contributed by atoms with Crippen molar-refractivity contribution in [2.75, 3.05) is 16.0 Å². The maximum absolute atomic E-state index is 13.7. The summed E-state index contributed by atoms with van der Waals surface area (Å²) >= 11 is 0. The summed E-state index contributed by atoms with van der Waals surface area (Å²) < 4.78 is 27.4. The van der Waals surface area contributed by atoms with Crippen LogP contribution in [0.25, 0.3) is 0 Å². The van der Waals surface area contributed by atoms with E-state index >= 15 is 0 Å². The van der Waals surface area contributed by atoms with Crippen LogP contribution in [-0.2, 0) is 4.79 Å². The molecule has 3 aromatic rings. The smallest absolute Gasteiger partial charge is 0.249 e. The fourth-order valence-corrected chi connectivity index (χ4v) is 2.17. The third-order valence-corrected chi connectivity index (χ3v) is 3.21. The number of hydrogen-bond donors (Lipinski definition) is 3. The van der Waals surface area contributed by atoms with Gasteiger partial charge in [-0.05, 0) is 30.3 Å². The van der Waals surface area contributed by atoms with Crippen molar-refractivity contribution in [2.45, 2.75) is 6.92 Å². The number of benzene rings is 2. The normalized spacial score (nSPS) is 10.3. The molecule has 3 N–H and O–H groups in total. The molecular weight excluding hydrogens is 342 g/mol. The molecular formula is C17H14F2N6O. The third-order valence-electron chi connectivity index (χ3n) is 3.21. The Bertz CT molecular complexity index is 930. The van der Waals surface area contributed by atoms with Crippen molar-refractivity contribution in [2.24, 2.45) is 0 Å². The predicted molar refractivity (Wildman–Crippen MR) is 93.5 cm³/mol. The van der Waals surface area contributed by atoms with Crippen LogP contribution in [0.3, 0.4) is 0 Å². The Labute approximate surface area is 147 Å². The highest BCUT2D eigenvalue weighted by atomic mass is 19.1. The van der Waals surface area contributed by atoms with Gasteiger partial charge in [0.15, 0.2) is 5.82 Å². The second-order valence-corrected chi connectivity index (χ2v) is 5.27. The van der Waals surface area contributed by atoms with E-state index in [-0.39, 0.29) is 17.5 Å². The number of anilines is 5. The standard InChI is InChI=1S/C17H14F2N6O/c1-10(26)21-11-4-2-5-12(8-11)22-15-9-20-25-17(23-15)24-16-13(18)6-3-7-14(16)19/h2-9H,1H3,(H,21,26)(H2,22,23,24,25). The summed E-state index contributed by atoms with van der Waals surface area (Å²) in [5, 5.41) is 15.6. The molecule has 0 saturated heterocycles. The Kier molecular flexibility index (Phi) is 4.97. The molecule has 0 unspecified atom stereocenters. The van der Waals surface area contributed by atoms with Crippen LogP contribution in [0.15, 0.2) is 48.7 Å². The highest BCUT2D eigenvalue weighted by Gasteiger charge is 2.10. The van der Waals surface area contributed by atoms with Crippen LogP contribution < -0.4 is 16.0 Å². The number of nitrogens with zero attached hydrogens (tertiary/aromatic N) is 3. The van der Waals surface area contributed by atoms with Gasteiger partial charge in [-0.2, -0.15) is 10.1 Å². The Hall–Kier alpha value is -3.62. The Balaban J connectivity index is 1.79. The molecule has 1 amide bonds. The van der Waals surface area contributed by atoms with Gasteiger partial charge in [-0.15, -0.1) is 5.10 Å². The molecule has 0 aliphatic carbocycles. The van der Waals surface area contributed by atoms with E-state index in [9.17, 15) is 13.6 Å². The summed E-state index contributed by atoms with van der Waals surface area (Å²) in [6, 6.07) is 10.4. The molecule has 7 nitrogen and oxygen atoms in total. The van der Waals surface area contributed by atoms with E-state index in [1.54, 1.807) is 24.3 Å². The fraction of sp³-hybridized carbons (Fsp3) is 0.0588. The SMILES string of the molecule is CC(=O)Nc1cccc(Nc2cnnc(Nc3c(F)cccc3F)n2)c1. The Morgan fingerprint density at radius 1 is 1.00 bits per heavy atom. The number of para-hydroxylation sites is 1. The minimum absolute atomic E-state index is 0.0722. The van der Waals surface area contributed by atoms with Gasteiger partial charge in [-0.3, -0.25) is 4.79 Å². The molecule has 1 heterocycles. The van der Waals surface area contributed by atoms with Crippen LogP contribution in [0.2, 0.25) is 0 Å². The summed E-state index contributed by atoms with van der Waals surface area (Å²) in [5.41, 5.74) is 0.884. The Morgan fingerprint density at radius 3 is 2.42 bits per heavy atom. The monoisotopic (exact) mass is 356 g/mol. The zero-order valence-electron chi connectivity index (χ0n) is 13.6. The maximum Gasteiger partial charge on any atom is 0.249 e. The van der Waals surface area contributed by atoms with Crippen molar-refractivity contribution in [1.29, 1.82) is 0 Å². The molecule has 2 aromatic carbocycles. The minimum Gasteiger partial charge on any atom is -0.339 e. The number of carbonyl (C=O) groups excluding carboxylic acids is 1. The van der Waals surface area contributed by atoms with Gasteiger partial charge in [0.2, 0.25) is 11.9 Å². The second-order valence-electron chi connectivity index (χ2n) is 5.27. The lowest BCUT2D eigenvalue weighted by atomic mass is 10.2. The van der Waals surface area contributed by atoms with E-state index in [1.807, 2.05) is 0 Å². The molecule has 9 heteroatoms. The van der Waals surface area contributed by atoms with Crippen molar-refractivity contribution in [3.8, 4) is 0 Å². The van der Waals surface area contributed by atoms with Crippen LogP contribution in [0, 0.1) is 11.6 Å². The molecule has 0 fully saturated rings. The van der Waals surface area contributed by atoms with E-state index in [4.69, 9.17) is 0 Å². The Morgan fingerprint density at radius 2 is 1.69 bits per heavy atom. The van der Waals surface area contributed by atoms with Crippen LogP contribution in [0.4, 0.5) is 37.6 Å². The zero-order chi connectivity index (χ0) is 18.5. The lowest BCUT2D eigenvalue weighted by Crippen LogP contribution is -2.06. The first-order valence-corrected chi connectivity index (χ1v) is 7.57. The molecule has 3 rings (SSSR count). The molecule has 0 aliphatic rings. The lowest BCUT2D eigenvalue weighted by Gasteiger charge is -2.10. The van der Waals surface area contributed by atoms with E-state index in [1.165, 1.54) is 19.2 Å². The third kappa shape index (κ3) is 4.26. The molecule has 1 aromatic heterocycles. The minimum atomic E-state index is -0.769. The van der Waals surface area contributed by atoms with E-state index < -0.39 is 11.6 Å². The molecule has 0 saturated carbocycles. The molecule has 0 bridgehead atoms. The molecule has 0 spiro atoms. The first-order chi connectivity index (χ1) is 12.5. The van der Waals surface area contributed by atoms with Crippen LogP contribution >= 0.6 is 0 Å². The fourth-order valence-electron chi connectivity index (χ4n) is 2.17. The summed E-state index contributed by atoms with van der Waals surface area (Å²) in [6.07, 6.45) is 1.36. The summed E-state index contributed by atoms with van der Waals surface area (Å²) in [5.74, 6) is -1.49. The van der Waals surface area contributed by atoms with Gasteiger partial charge in [0, 0.05) is 18.3 Å². The number of rotatable bonds is 5. The summed E-state index contributed by atoms with van der Waals surface area (Å²) in [7, 11) is 0. The van der Waals surface area contributed by atoms with Gasteiger partial charge in [0.05, 0.1) is 6.20 Å². The largest absolute Gasteiger partial charge is 0.339 e. The predicted octanol–water partition coefficient (Wildman–Crippen LogP) is 3.60. The summed E-state index contributed by atoms with van der Waals surface area (Å²) in [6.45, 7) is 1.41. The zero-order valence-corrected chi connectivity index (χ0v) is 13.6. The number of aromatic nitrogens is 3. The maximum atomic E-state index is 13.7. The average molecular weight is 356 g/mol. The van der Waals surface area contributed by atoms with Crippen molar-refractivity contribution in [3.05, 3.63) is 60.3 Å². The van der Waals surface area contributed by atoms with Crippen molar-refractivity contribution >= 4 is 34.7 Å². The second kappa shape index (κ2) is 7.51. The van der Waals surface area contributed by atoms with Crippen LogP contribution in [-0.4, -0.2) is 21.1 Å². The number of amides is 1. The van der Waals surface area contributed by atoms with E-state index in [0.717, 1.165) is 12.1 Å². The average Bonchev–Trinajstić information content (AvgIpc) is 2.58. The van der Waals surface area contributed by atoms with Gasteiger partial charge in [-0.25, -0.2) is 8.78 Å². The van der Waals surface area contributed by atoms with Crippen molar-refractivity contribution in [1.82, 2.24) is 15.2 Å². The van der Waals surface area contributed by atoms with Crippen molar-refractivity contribution < 1.29 is 13.6 Å². The number of halogens is 2. The van der Waals surface area contributed by atoms with Gasteiger partial charge < -0.3 is 16.0 Å². The number of carbonyl (C=O) groups is 1. The molecule has 0 radical (unpaired) electrons. The molecule has 132 valence electrons. The highest BCUT2D eigenvalue weighted by Crippen LogP contribution is 2.22. The number of hydrogen-bond acceptors (Lipinski definition) is 6. The van der Waals surface area contributed by atoms with Gasteiger partial charge >= 0.3 is 0 Å². The van der Waals surface area contributed by atoms with Gasteiger partial charge in [0.1, 0.15) is 17.3 Å². The topological polar surface area (TPSA) is 91.8 Å². The van der Waals surface area contributed by atoms with Crippen LogP contribution in [0.1, 0.15) is 6.92 Å². The molecule has 0 atom stereocenters. The first kappa shape index (κ1) is 17.2. The van der Waals surface area contributed by atoms with Gasteiger partial charge in [0.25, 0.3) is 0 Å².